The third kappa shape index (κ3) is 3.20. The number of pyridine rings is 1. The van der Waals surface area contributed by atoms with E-state index in [9.17, 15) is 10.1 Å². The molecule has 0 saturated carbocycles. The Bertz CT molecular complexity index is 1360. The van der Waals surface area contributed by atoms with Gasteiger partial charge in [0.15, 0.2) is 0 Å². The predicted molar refractivity (Wildman–Crippen MR) is 117 cm³/mol. The summed E-state index contributed by atoms with van der Waals surface area (Å²) >= 11 is 0. The van der Waals surface area contributed by atoms with Crippen LogP contribution in [0.4, 0.5) is 5.69 Å². The number of non-ortho nitro benzene ring substituents is 1. The van der Waals surface area contributed by atoms with Crippen LogP contribution in [-0.4, -0.2) is 19.9 Å². The minimum Gasteiger partial charge on any atom is -0.337 e. The Hall–Kier alpha value is -4.32. The number of rotatable bonds is 4. The van der Waals surface area contributed by atoms with E-state index in [1.54, 1.807) is 18.3 Å². The van der Waals surface area contributed by atoms with Crippen molar-refractivity contribution in [2.75, 3.05) is 0 Å². The van der Waals surface area contributed by atoms with Crippen molar-refractivity contribution in [3.05, 3.63) is 101 Å². The first-order valence-corrected chi connectivity index (χ1v) is 9.44. The quantitative estimate of drug-likeness (QED) is 0.306. The minimum absolute atomic E-state index is 0.0572. The molecule has 0 atom stereocenters. The van der Waals surface area contributed by atoms with Crippen LogP contribution in [0.2, 0.25) is 0 Å². The zero-order valence-electron chi connectivity index (χ0n) is 15.8. The number of nitrogens with zero attached hydrogens (tertiary/aromatic N) is 3. The van der Waals surface area contributed by atoms with Crippen molar-refractivity contribution in [2.45, 2.75) is 0 Å². The summed E-state index contributed by atoms with van der Waals surface area (Å²) in [5.41, 5.74) is 5.34. The van der Waals surface area contributed by atoms with Gasteiger partial charge in [0.2, 0.25) is 0 Å². The zero-order valence-corrected chi connectivity index (χ0v) is 15.8. The second-order valence-electron chi connectivity index (χ2n) is 6.89. The molecule has 0 bridgehead atoms. The van der Waals surface area contributed by atoms with Gasteiger partial charge in [0.25, 0.3) is 5.69 Å². The molecule has 0 unspecified atom stereocenters. The van der Waals surface area contributed by atoms with E-state index in [0.717, 1.165) is 44.8 Å². The van der Waals surface area contributed by atoms with Crippen molar-refractivity contribution in [3.8, 4) is 33.9 Å². The number of aromatic amines is 1. The molecule has 0 spiro atoms. The fourth-order valence-corrected chi connectivity index (χ4v) is 3.50. The van der Waals surface area contributed by atoms with Crippen molar-refractivity contribution in [1.29, 1.82) is 0 Å². The lowest BCUT2D eigenvalue weighted by Gasteiger charge is -2.03. The third-order valence-electron chi connectivity index (χ3n) is 4.99. The molecule has 0 fully saturated rings. The smallest absolute Gasteiger partial charge is 0.269 e. The van der Waals surface area contributed by atoms with Gasteiger partial charge in [-0.25, -0.2) is 4.98 Å². The van der Waals surface area contributed by atoms with E-state index in [1.807, 2.05) is 54.6 Å². The maximum atomic E-state index is 11.0. The molecular formula is C24H16N4O2. The molecule has 2 aromatic heterocycles. The number of nitro groups is 1. The Kier molecular flexibility index (Phi) is 4.29. The number of H-pyrrole nitrogens is 1. The van der Waals surface area contributed by atoms with Gasteiger partial charge in [0, 0.05) is 40.4 Å². The maximum Gasteiger partial charge on any atom is 0.269 e. The van der Waals surface area contributed by atoms with Crippen LogP contribution in [0.25, 0.3) is 44.8 Å². The van der Waals surface area contributed by atoms with Gasteiger partial charge in [-0.05, 0) is 36.4 Å². The van der Waals surface area contributed by atoms with Crippen molar-refractivity contribution < 1.29 is 4.92 Å². The summed E-state index contributed by atoms with van der Waals surface area (Å²) in [5.74, 6) is 0.730. The molecule has 1 N–H and O–H groups in total. The van der Waals surface area contributed by atoms with Gasteiger partial charge < -0.3 is 4.98 Å². The molecule has 0 amide bonds. The fourth-order valence-electron chi connectivity index (χ4n) is 3.50. The summed E-state index contributed by atoms with van der Waals surface area (Å²) < 4.78 is 0. The number of hydrogen-bond acceptors (Lipinski definition) is 4. The Morgan fingerprint density at radius 2 is 1.57 bits per heavy atom. The Morgan fingerprint density at radius 1 is 0.800 bits per heavy atom. The highest BCUT2D eigenvalue weighted by Crippen LogP contribution is 2.34. The van der Waals surface area contributed by atoms with E-state index in [4.69, 9.17) is 4.98 Å². The molecule has 144 valence electrons. The van der Waals surface area contributed by atoms with E-state index >= 15 is 0 Å². The van der Waals surface area contributed by atoms with Crippen LogP contribution in [0.1, 0.15) is 0 Å². The second-order valence-corrected chi connectivity index (χ2v) is 6.89. The molecule has 0 aliphatic carbocycles. The highest BCUT2D eigenvalue weighted by atomic mass is 16.6. The molecule has 6 nitrogen and oxygen atoms in total. The maximum absolute atomic E-state index is 11.0. The van der Waals surface area contributed by atoms with Crippen molar-refractivity contribution in [1.82, 2.24) is 15.0 Å². The lowest BCUT2D eigenvalue weighted by Crippen LogP contribution is -1.88. The van der Waals surface area contributed by atoms with Crippen molar-refractivity contribution in [2.24, 2.45) is 0 Å². The SMILES string of the molecule is O=[N+]([O-])c1ccc(-c2[nH]c(-c3ccc4ncccc4c3)nc2-c2ccccc2)cc1. The summed E-state index contributed by atoms with van der Waals surface area (Å²) in [6.07, 6.45) is 1.77. The van der Waals surface area contributed by atoms with E-state index < -0.39 is 4.92 Å². The summed E-state index contributed by atoms with van der Waals surface area (Å²) in [6, 6.07) is 26.3. The lowest BCUT2D eigenvalue weighted by molar-refractivity contribution is -0.384. The van der Waals surface area contributed by atoms with Crippen molar-refractivity contribution >= 4 is 16.6 Å². The Morgan fingerprint density at radius 3 is 2.33 bits per heavy atom. The molecule has 0 aliphatic rings. The molecule has 0 radical (unpaired) electrons. The number of hydrogen-bond donors (Lipinski definition) is 1. The molecule has 6 heteroatoms. The van der Waals surface area contributed by atoms with Crippen LogP contribution in [0.15, 0.2) is 91.1 Å². The van der Waals surface area contributed by atoms with Gasteiger partial charge in [-0.15, -0.1) is 0 Å². The monoisotopic (exact) mass is 392 g/mol. The lowest BCUT2D eigenvalue weighted by atomic mass is 10.0. The van der Waals surface area contributed by atoms with Gasteiger partial charge in [-0.1, -0.05) is 36.4 Å². The molecule has 0 aliphatic heterocycles. The topological polar surface area (TPSA) is 84.7 Å². The van der Waals surface area contributed by atoms with Crippen LogP contribution in [0.3, 0.4) is 0 Å². The molecule has 5 rings (SSSR count). The molecule has 0 saturated heterocycles. The zero-order chi connectivity index (χ0) is 20.5. The number of nitrogens with one attached hydrogen (secondary N) is 1. The second kappa shape index (κ2) is 7.25. The first kappa shape index (κ1) is 17.8. The van der Waals surface area contributed by atoms with E-state index in [1.165, 1.54) is 12.1 Å². The largest absolute Gasteiger partial charge is 0.337 e. The predicted octanol–water partition coefficient (Wildman–Crippen LogP) is 5.87. The molecule has 30 heavy (non-hydrogen) atoms. The van der Waals surface area contributed by atoms with E-state index in [2.05, 4.69) is 16.0 Å². The Balaban J connectivity index is 1.67. The average molecular weight is 392 g/mol. The van der Waals surface area contributed by atoms with Crippen LogP contribution in [0, 0.1) is 10.1 Å². The standard InChI is InChI=1S/C24H16N4O2/c29-28(30)20-11-8-17(9-12-20)23-22(16-5-2-1-3-6-16)26-24(27-23)19-10-13-21-18(15-19)7-4-14-25-21/h1-15H,(H,26,27). The van der Waals surface area contributed by atoms with Gasteiger partial charge >= 0.3 is 0 Å². The summed E-state index contributed by atoms with van der Waals surface area (Å²) in [4.78, 5) is 23.3. The van der Waals surface area contributed by atoms with Crippen LogP contribution < -0.4 is 0 Å². The van der Waals surface area contributed by atoms with Gasteiger partial charge in [0.1, 0.15) is 5.82 Å². The van der Waals surface area contributed by atoms with Crippen LogP contribution in [-0.2, 0) is 0 Å². The highest BCUT2D eigenvalue weighted by molar-refractivity contribution is 5.86. The highest BCUT2D eigenvalue weighted by Gasteiger charge is 2.16. The van der Waals surface area contributed by atoms with Gasteiger partial charge in [-0.3, -0.25) is 15.1 Å². The first-order valence-electron chi connectivity index (χ1n) is 9.44. The summed E-state index contributed by atoms with van der Waals surface area (Å²) in [5, 5.41) is 12.0. The van der Waals surface area contributed by atoms with Crippen LogP contribution >= 0.6 is 0 Å². The molecule has 3 aromatic carbocycles. The van der Waals surface area contributed by atoms with E-state index in [-0.39, 0.29) is 5.69 Å². The Labute approximate surface area is 172 Å². The normalized spacial score (nSPS) is 10.9. The molecule has 2 heterocycles. The summed E-state index contributed by atoms with van der Waals surface area (Å²) in [6.45, 7) is 0. The van der Waals surface area contributed by atoms with E-state index in [0.29, 0.717) is 0 Å². The van der Waals surface area contributed by atoms with Crippen LogP contribution in [0.5, 0.6) is 0 Å². The molecule has 5 aromatic rings. The van der Waals surface area contributed by atoms with Gasteiger partial charge in [0.05, 0.1) is 21.8 Å². The number of aromatic nitrogens is 3. The summed E-state index contributed by atoms with van der Waals surface area (Å²) in [7, 11) is 0. The third-order valence-corrected chi connectivity index (χ3v) is 4.99. The van der Waals surface area contributed by atoms with Gasteiger partial charge in [-0.2, -0.15) is 0 Å². The fraction of sp³-hybridized carbons (Fsp3) is 0. The van der Waals surface area contributed by atoms with Crippen molar-refractivity contribution in [3.63, 3.8) is 0 Å². The number of benzene rings is 3. The first-order chi connectivity index (χ1) is 14.7. The number of fused-ring (bicyclic) bond motifs is 1. The molecular weight excluding hydrogens is 376 g/mol. The number of imidazole rings is 1. The number of nitro benzene ring substituents is 1. The average Bonchev–Trinajstić information content (AvgIpc) is 3.25. The minimum atomic E-state index is -0.399.